The maximum absolute atomic E-state index is 10.3. The van der Waals surface area contributed by atoms with Crippen molar-refractivity contribution >= 4 is 29.1 Å². The Labute approximate surface area is 85.2 Å². The fraction of sp³-hybridized carbons (Fsp3) is 0.500. The molecule has 1 rings (SSSR count). The number of thioether (sulfide) groups is 1. The number of carboxylic acids is 1. The fourth-order valence-corrected chi connectivity index (χ4v) is 2.81. The van der Waals surface area contributed by atoms with Crippen LogP contribution in [0.3, 0.4) is 0 Å². The normalized spacial score (nSPS) is 10.3. The van der Waals surface area contributed by atoms with E-state index in [1.807, 2.05) is 6.92 Å². The average Bonchev–Trinajstić information content (AvgIpc) is 2.43. The maximum atomic E-state index is 10.3. The molecule has 0 saturated carbocycles. The predicted molar refractivity (Wildman–Crippen MR) is 54.6 cm³/mol. The molecule has 5 heteroatoms. The molecule has 0 aliphatic carbocycles. The molecule has 0 saturated heterocycles. The van der Waals surface area contributed by atoms with Crippen molar-refractivity contribution in [3.05, 3.63) is 10.6 Å². The second kappa shape index (κ2) is 4.62. The lowest BCUT2D eigenvalue weighted by Gasteiger charge is -1.89. The van der Waals surface area contributed by atoms with E-state index >= 15 is 0 Å². The molecule has 0 spiro atoms. The summed E-state index contributed by atoms with van der Waals surface area (Å²) < 4.78 is 0.858. The van der Waals surface area contributed by atoms with Crippen molar-refractivity contribution in [2.75, 3.05) is 5.75 Å². The monoisotopic (exact) mass is 217 g/mol. The van der Waals surface area contributed by atoms with E-state index in [9.17, 15) is 4.79 Å². The van der Waals surface area contributed by atoms with Gasteiger partial charge in [0.25, 0.3) is 0 Å². The maximum Gasteiger partial charge on any atom is 0.313 e. The third kappa shape index (κ3) is 3.00. The summed E-state index contributed by atoms with van der Waals surface area (Å²) in [4.78, 5) is 15.8. The zero-order valence-corrected chi connectivity index (χ0v) is 9.17. The summed E-state index contributed by atoms with van der Waals surface area (Å²) in [7, 11) is 0. The van der Waals surface area contributed by atoms with Crippen molar-refractivity contribution in [2.24, 2.45) is 0 Å². The van der Waals surface area contributed by atoms with Gasteiger partial charge < -0.3 is 5.11 Å². The topological polar surface area (TPSA) is 50.2 Å². The molecule has 13 heavy (non-hydrogen) atoms. The number of aryl methyl sites for hydroxylation is 2. The number of rotatable bonds is 4. The zero-order valence-electron chi connectivity index (χ0n) is 7.53. The van der Waals surface area contributed by atoms with Gasteiger partial charge in [-0.25, -0.2) is 4.98 Å². The van der Waals surface area contributed by atoms with Crippen molar-refractivity contribution in [1.82, 2.24) is 4.98 Å². The van der Waals surface area contributed by atoms with E-state index in [1.54, 1.807) is 11.3 Å². The molecule has 3 nitrogen and oxygen atoms in total. The van der Waals surface area contributed by atoms with Gasteiger partial charge >= 0.3 is 5.97 Å². The van der Waals surface area contributed by atoms with Gasteiger partial charge in [0.15, 0.2) is 4.34 Å². The molecule has 1 aromatic heterocycles. The molecule has 1 aromatic rings. The summed E-state index contributed by atoms with van der Waals surface area (Å²) in [5, 5.41) is 8.46. The van der Waals surface area contributed by atoms with Gasteiger partial charge in [-0.3, -0.25) is 4.79 Å². The van der Waals surface area contributed by atoms with Crippen LogP contribution in [0.25, 0.3) is 0 Å². The van der Waals surface area contributed by atoms with E-state index in [0.29, 0.717) is 0 Å². The van der Waals surface area contributed by atoms with Crippen LogP contribution >= 0.6 is 23.1 Å². The number of carbonyl (C=O) groups is 1. The van der Waals surface area contributed by atoms with Crippen molar-refractivity contribution in [1.29, 1.82) is 0 Å². The lowest BCUT2D eigenvalue weighted by molar-refractivity contribution is -0.133. The number of carboxylic acid groups (broad SMARTS) is 1. The molecule has 0 amide bonds. The minimum Gasteiger partial charge on any atom is -0.481 e. The van der Waals surface area contributed by atoms with Crippen molar-refractivity contribution in [3.63, 3.8) is 0 Å². The van der Waals surface area contributed by atoms with Crippen LogP contribution in [-0.2, 0) is 11.2 Å². The first-order valence-electron chi connectivity index (χ1n) is 3.94. The quantitative estimate of drug-likeness (QED) is 0.785. The van der Waals surface area contributed by atoms with Crippen LogP contribution in [0.15, 0.2) is 4.34 Å². The SMILES string of the molecule is CCc1sc(SCC(=O)O)nc1C. The Hall–Kier alpha value is -0.550. The Morgan fingerprint density at radius 3 is 2.85 bits per heavy atom. The van der Waals surface area contributed by atoms with Crippen LogP contribution in [0.1, 0.15) is 17.5 Å². The fourth-order valence-electron chi connectivity index (χ4n) is 0.915. The van der Waals surface area contributed by atoms with Crippen LogP contribution < -0.4 is 0 Å². The molecule has 72 valence electrons. The smallest absolute Gasteiger partial charge is 0.313 e. The molecule has 0 aliphatic heterocycles. The van der Waals surface area contributed by atoms with Gasteiger partial charge in [-0.2, -0.15) is 0 Å². The Morgan fingerprint density at radius 2 is 2.38 bits per heavy atom. The van der Waals surface area contributed by atoms with Crippen molar-refractivity contribution in [2.45, 2.75) is 24.6 Å². The summed E-state index contributed by atoms with van der Waals surface area (Å²) in [5.41, 5.74) is 1.03. The highest BCUT2D eigenvalue weighted by Crippen LogP contribution is 2.27. The highest BCUT2D eigenvalue weighted by molar-refractivity contribution is 8.01. The lowest BCUT2D eigenvalue weighted by Crippen LogP contribution is -1.96. The predicted octanol–water partition coefficient (Wildman–Crippen LogP) is 2.19. The number of hydrogen-bond donors (Lipinski definition) is 1. The van der Waals surface area contributed by atoms with Gasteiger partial charge in [0.05, 0.1) is 11.4 Å². The van der Waals surface area contributed by atoms with Crippen LogP contribution in [0, 0.1) is 6.92 Å². The number of thiazole rings is 1. The van der Waals surface area contributed by atoms with E-state index in [4.69, 9.17) is 5.11 Å². The van der Waals surface area contributed by atoms with E-state index in [-0.39, 0.29) is 5.75 Å². The molecule has 1 N–H and O–H groups in total. The van der Waals surface area contributed by atoms with E-state index in [2.05, 4.69) is 11.9 Å². The third-order valence-electron chi connectivity index (χ3n) is 1.51. The van der Waals surface area contributed by atoms with Crippen LogP contribution in [0.4, 0.5) is 0 Å². The summed E-state index contributed by atoms with van der Waals surface area (Å²) in [6.07, 6.45) is 0.969. The first-order valence-corrected chi connectivity index (χ1v) is 5.74. The molecule has 0 fully saturated rings. The average molecular weight is 217 g/mol. The Morgan fingerprint density at radius 1 is 1.69 bits per heavy atom. The summed E-state index contributed by atoms with van der Waals surface area (Å²) in [6.45, 7) is 4.03. The molecule has 0 aliphatic rings. The van der Waals surface area contributed by atoms with Crippen LogP contribution in [-0.4, -0.2) is 21.8 Å². The van der Waals surface area contributed by atoms with Gasteiger partial charge in [0.2, 0.25) is 0 Å². The molecule has 0 atom stereocenters. The molecular weight excluding hydrogens is 206 g/mol. The van der Waals surface area contributed by atoms with E-state index in [1.165, 1.54) is 16.6 Å². The van der Waals surface area contributed by atoms with Gasteiger partial charge in [-0.15, -0.1) is 11.3 Å². The van der Waals surface area contributed by atoms with Crippen molar-refractivity contribution < 1.29 is 9.90 Å². The minimum absolute atomic E-state index is 0.0934. The highest BCUT2D eigenvalue weighted by Gasteiger charge is 2.07. The first-order chi connectivity index (χ1) is 6.13. The third-order valence-corrected chi connectivity index (χ3v) is 3.94. The summed E-state index contributed by atoms with van der Waals surface area (Å²) in [5.74, 6) is -0.702. The standard InChI is InChI=1S/C8H11NO2S2/c1-3-6-5(2)9-8(13-6)12-4-7(10)11/h3-4H2,1-2H3,(H,10,11). The summed E-state index contributed by atoms with van der Waals surface area (Å²) >= 11 is 2.88. The number of nitrogens with zero attached hydrogens (tertiary/aromatic N) is 1. The van der Waals surface area contributed by atoms with Crippen molar-refractivity contribution in [3.8, 4) is 0 Å². The Bertz CT molecular complexity index is 309. The molecule has 1 heterocycles. The highest BCUT2D eigenvalue weighted by atomic mass is 32.2. The molecule has 0 aromatic carbocycles. The number of aromatic nitrogens is 1. The zero-order chi connectivity index (χ0) is 9.84. The van der Waals surface area contributed by atoms with Crippen LogP contribution in [0.5, 0.6) is 0 Å². The molecular formula is C8H11NO2S2. The van der Waals surface area contributed by atoms with Gasteiger partial charge in [0, 0.05) is 4.88 Å². The molecule has 0 unspecified atom stereocenters. The first kappa shape index (κ1) is 10.5. The Balaban J connectivity index is 2.62. The van der Waals surface area contributed by atoms with E-state index < -0.39 is 5.97 Å². The van der Waals surface area contributed by atoms with Crippen LogP contribution in [0.2, 0.25) is 0 Å². The number of hydrogen-bond acceptors (Lipinski definition) is 4. The minimum atomic E-state index is -0.795. The summed E-state index contributed by atoms with van der Waals surface area (Å²) in [6, 6.07) is 0. The number of aliphatic carboxylic acids is 1. The Kier molecular flexibility index (Phi) is 3.74. The molecule has 0 radical (unpaired) electrons. The van der Waals surface area contributed by atoms with Gasteiger partial charge in [-0.1, -0.05) is 18.7 Å². The molecule has 0 bridgehead atoms. The lowest BCUT2D eigenvalue weighted by atomic mass is 10.3. The van der Waals surface area contributed by atoms with Gasteiger partial charge in [-0.05, 0) is 13.3 Å². The van der Waals surface area contributed by atoms with Gasteiger partial charge in [0.1, 0.15) is 0 Å². The van der Waals surface area contributed by atoms with E-state index in [0.717, 1.165) is 16.5 Å². The second-order valence-electron chi connectivity index (χ2n) is 2.52. The largest absolute Gasteiger partial charge is 0.481 e. The second-order valence-corrected chi connectivity index (χ2v) is 4.83.